The lowest BCUT2D eigenvalue weighted by molar-refractivity contribution is -0.137. The Kier molecular flexibility index (Phi) is 4.69. The number of amides is 1. The van der Waals surface area contributed by atoms with Gasteiger partial charge in [0.2, 0.25) is 0 Å². The van der Waals surface area contributed by atoms with Crippen LogP contribution in [0.15, 0.2) is 34.9 Å². The number of carbonyl (C=O) groups is 2. The SMILES string of the molecule is Cc1cc(Br)c(NC(=O)c2cccn2CC(=O)O)cc1Cl. The van der Waals surface area contributed by atoms with Crippen molar-refractivity contribution < 1.29 is 14.7 Å². The zero-order chi connectivity index (χ0) is 15.6. The molecule has 0 aliphatic heterocycles. The van der Waals surface area contributed by atoms with Gasteiger partial charge >= 0.3 is 5.97 Å². The summed E-state index contributed by atoms with van der Waals surface area (Å²) in [7, 11) is 0. The summed E-state index contributed by atoms with van der Waals surface area (Å²) in [6.45, 7) is 1.59. The Bertz CT molecular complexity index is 712. The topological polar surface area (TPSA) is 71.3 Å². The molecule has 0 spiro atoms. The monoisotopic (exact) mass is 370 g/mol. The third kappa shape index (κ3) is 3.65. The van der Waals surface area contributed by atoms with E-state index in [9.17, 15) is 9.59 Å². The van der Waals surface area contributed by atoms with Crippen LogP contribution >= 0.6 is 27.5 Å². The van der Waals surface area contributed by atoms with Crippen molar-refractivity contribution in [1.29, 1.82) is 0 Å². The number of halogens is 2. The first-order valence-corrected chi connectivity index (χ1v) is 7.19. The maximum absolute atomic E-state index is 12.2. The van der Waals surface area contributed by atoms with Crippen LogP contribution in [0.2, 0.25) is 5.02 Å². The van der Waals surface area contributed by atoms with Gasteiger partial charge in [-0.15, -0.1) is 0 Å². The fraction of sp³-hybridized carbons (Fsp3) is 0.143. The second-order valence-electron chi connectivity index (χ2n) is 4.45. The first kappa shape index (κ1) is 15.6. The van der Waals surface area contributed by atoms with Gasteiger partial charge in [0.25, 0.3) is 5.91 Å². The van der Waals surface area contributed by atoms with Crippen LogP contribution in [0.3, 0.4) is 0 Å². The van der Waals surface area contributed by atoms with Gasteiger partial charge in [0.1, 0.15) is 12.2 Å². The van der Waals surface area contributed by atoms with Crippen molar-refractivity contribution in [3.63, 3.8) is 0 Å². The molecule has 1 aromatic carbocycles. The van der Waals surface area contributed by atoms with Gasteiger partial charge in [-0.1, -0.05) is 11.6 Å². The fourth-order valence-electron chi connectivity index (χ4n) is 1.83. The molecule has 2 rings (SSSR count). The van der Waals surface area contributed by atoms with Crippen LogP contribution in [0.1, 0.15) is 16.1 Å². The minimum Gasteiger partial charge on any atom is -0.480 e. The van der Waals surface area contributed by atoms with E-state index in [0.717, 1.165) is 5.56 Å². The Balaban J connectivity index is 2.25. The molecule has 2 aromatic rings. The number of rotatable bonds is 4. The average molecular weight is 372 g/mol. The molecule has 0 fully saturated rings. The van der Waals surface area contributed by atoms with E-state index < -0.39 is 11.9 Å². The van der Waals surface area contributed by atoms with E-state index in [2.05, 4.69) is 21.2 Å². The molecule has 5 nitrogen and oxygen atoms in total. The first-order valence-electron chi connectivity index (χ1n) is 6.02. The molecule has 2 N–H and O–H groups in total. The van der Waals surface area contributed by atoms with Crippen molar-refractivity contribution >= 4 is 45.1 Å². The second-order valence-corrected chi connectivity index (χ2v) is 5.71. The lowest BCUT2D eigenvalue weighted by Crippen LogP contribution is -2.19. The minimum atomic E-state index is -1.01. The van der Waals surface area contributed by atoms with E-state index in [1.165, 1.54) is 4.57 Å². The van der Waals surface area contributed by atoms with Crippen LogP contribution in [0.5, 0.6) is 0 Å². The summed E-state index contributed by atoms with van der Waals surface area (Å²) in [6, 6.07) is 6.62. The number of aryl methyl sites for hydroxylation is 1. The van der Waals surface area contributed by atoms with Crippen LogP contribution in [0.25, 0.3) is 0 Å². The van der Waals surface area contributed by atoms with E-state index in [1.54, 1.807) is 30.5 Å². The standard InChI is InChI=1S/C14H12BrClN2O3/c1-8-5-9(15)11(6-10(8)16)17-14(21)12-3-2-4-18(12)7-13(19)20/h2-6H,7H2,1H3,(H,17,21)(H,19,20). The summed E-state index contributed by atoms with van der Waals surface area (Å²) in [6.07, 6.45) is 1.54. The van der Waals surface area contributed by atoms with Gasteiger partial charge in [-0.25, -0.2) is 0 Å². The number of anilines is 1. The minimum absolute atomic E-state index is 0.265. The molecule has 0 saturated carbocycles. The molecule has 0 aliphatic carbocycles. The highest BCUT2D eigenvalue weighted by atomic mass is 79.9. The third-order valence-electron chi connectivity index (χ3n) is 2.86. The predicted octanol–water partition coefficient (Wildman–Crippen LogP) is 3.55. The van der Waals surface area contributed by atoms with Gasteiger partial charge in [0, 0.05) is 15.7 Å². The van der Waals surface area contributed by atoms with Gasteiger partial charge in [0.05, 0.1) is 5.69 Å². The molecule has 1 amide bonds. The number of carboxylic acid groups (broad SMARTS) is 1. The largest absolute Gasteiger partial charge is 0.480 e. The molecule has 1 aromatic heterocycles. The van der Waals surface area contributed by atoms with Gasteiger partial charge in [0.15, 0.2) is 0 Å². The maximum atomic E-state index is 12.2. The predicted molar refractivity (Wildman–Crippen MR) is 83.9 cm³/mol. The van der Waals surface area contributed by atoms with E-state index in [0.29, 0.717) is 15.2 Å². The average Bonchev–Trinajstić information content (AvgIpc) is 2.83. The molecule has 110 valence electrons. The Morgan fingerprint density at radius 3 is 2.81 bits per heavy atom. The number of hydrogen-bond acceptors (Lipinski definition) is 2. The Labute approximate surface area is 134 Å². The Morgan fingerprint density at radius 1 is 1.43 bits per heavy atom. The summed E-state index contributed by atoms with van der Waals surface area (Å²) in [5.74, 6) is -1.42. The number of carbonyl (C=O) groups excluding carboxylic acids is 1. The van der Waals surface area contributed by atoms with Gasteiger partial charge in [-0.3, -0.25) is 9.59 Å². The quantitative estimate of drug-likeness (QED) is 0.863. The molecule has 1 heterocycles. The zero-order valence-corrected chi connectivity index (χ0v) is 13.4. The zero-order valence-electron chi connectivity index (χ0n) is 11.1. The summed E-state index contributed by atoms with van der Waals surface area (Å²) < 4.78 is 2.07. The van der Waals surface area contributed by atoms with Crippen molar-refractivity contribution in [3.8, 4) is 0 Å². The third-order valence-corrected chi connectivity index (χ3v) is 3.93. The van der Waals surface area contributed by atoms with Gasteiger partial charge in [-0.05, 0) is 52.7 Å². The lowest BCUT2D eigenvalue weighted by Gasteiger charge is -2.11. The summed E-state index contributed by atoms with van der Waals surface area (Å²) in [5.41, 5.74) is 1.68. The second kappa shape index (κ2) is 6.32. The molecule has 0 atom stereocenters. The molecule has 0 bridgehead atoms. The normalized spacial score (nSPS) is 10.4. The van der Waals surface area contributed by atoms with E-state index >= 15 is 0 Å². The summed E-state index contributed by atoms with van der Waals surface area (Å²) >= 11 is 9.40. The van der Waals surface area contributed by atoms with E-state index in [-0.39, 0.29) is 12.2 Å². The van der Waals surface area contributed by atoms with Gasteiger partial charge < -0.3 is 15.0 Å². The smallest absolute Gasteiger partial charge is 0.323 e. The molecule has 0 radical (unpaired) electrons. The van der Waals surface area contributed by atoms with Crippen molar-refractivity contribution in [3.05, 3.63) is 51.2 Å². The van der Waals surface area contributed by atoms with Crippen LogP contribution in [0.4, 0.5) is 5.69 Å². The van der Waals surface area contributed by atoms with Crippen molar-refractivity contribution in [1.82, 2.24) is 4.57 Å². The molecular weight excluding hydrogens is 360 g/mol. The lowest BCUT2D eigenvalue weighted by atomic mass is 10.2. The number of benzene rings is 1. The maximum Gasteiger partial charge on any atom is 0.323 e. The molecule has 7 heteroatoms. The first-order chi connectivity index (χ1) is 9.88. The highest BCUT2D eigenvalue weighted by Crippen LogP contribution is 2.29. The van der Waals surface area contributed by atoms with Crippen molar-refractivity contribution in [2.24, 2.45) is 0 Å². The van der Waals surface area contributed by atoms with Crippen LogP contribution in [-0.2, 0) is 11.3 Å². The number of carboxylic acids is 1. The number of hydrogen-bond donors (Lipinski definition) is 2. The highest BCUT2D eigenvalue weighted by molar-refractivity contribution is 9.10. The van der Waals surface area contributed by atoms with E-state index in [4.69, 9.17) is 16.7 Å². The Morgan fingerprint density at radius 2 is 2.14 bits per heavy atom. The Hall–Kier alpha value is -1.79. The van der Waals surface area contributed by atoms with Crippen LogP contribution in [0, 0.1) is 6.92 Å². The number of aliphatic carboxylic acids is 1. The molecule has 0 unspecified atom stereocenters. The van der Waals surface area contributed by atoms with Crippen molar-refractivity contribution in [2.75, 3.05) is 5.32 Å². The van der Waals surface area contributed by atoms with E-state index in [1.807, 2.05) is 6.92 Å². The van der Waals surface area contributed by atoms with Crippen molar-refractivity contribution in [2.45, 2.75) is 13.5 Å². The highest BCUT2D eigenvalue weighted by Gasteiger charge is 2.14. The van der Waals surface area contributed by atoms with Crippen LogP contribution in [-0.4, -0.2) is 21.6 Å². The summed E-state index contributed by atoms with van der Waals surface area (Å²) in [5, 5.41) is 12.1. The number of aromatic nitrogens is 1. The summed E-state index contributed by atoms with van der Waals surface area (Å²) in [4.78, 5) is 23.0. The van der Waals surface area contributed by atoms with Crippen LogP contribution < -0.4 is 5.32 Å². The number of nitrogens with one attached hydrogen (secondary N) is 1. The molecule has 0 saturated heterocycles. The molecule has 0 aliphatic rings. The molecular formula is C14H12BrClN2O3. The number of nitrogens with zero attached hydrogens (tertiary/aromatic N) is 1. The fourth-order valence-corrected chi connectivity index (χ4v) is 2.55. The van der Waals surface area contributed by atoms with Gasteiger partial charge in [-0.2, -0.15) is 0 Å². The molecule has 21 heavy (non-hydrogen) atoms.